The van der Waals surface area contributed by atoms with E-state index in [9.17, 15) is 0 Å². The van der Waals surface area contributed by atoms with Crippen LogP contribution in [0.25, 0.3) is 11.4 Å². The van der Waals surface area contributed by atoms with E-state index in [2.05, 4.69) is 15.5 Å². The summed E-state index contributed by atoms with van der Waals surface area (Å²) in [4.78, 5) is 4.48. The number of hydrogen-bond acceptors (Lipinski definition) is 4. The number of halogens is 2. The second-order valence-corrected chi connectivity index (χ2v) is 4.93. The lowest BCUT2D eigenvalue weighted by molar-refractivity contribution is 0.320. The molecular weight excluding hydrogens is 285 g/mol. The Bertz CT molecular complexity index is 538. The third kappa shape index (κ3) is 3.26. The molecule has 1 aliphatic rings. The van der Waals surface area contributed by atoms with Gasteiger partial charge < -0.3 is 9.84 Å². The number of hydrogen-bond donors (Lipinski definition) is 1. The van der Waals surface area contributed by atoms with Crippen LogP contribution in [0.1, 0.15) is 24.7 Å². The van der Waals surface area contributed by atoms with Gasteiger partial charge >= 0.3 is 0 Å². The van der Waals surface area contributed by atoms with E-state index >= 15 is 0 Å². The molecule has 0 spiro atoms. The van der Waals surface area contributed by atoms with Crippen molar-refractivity contribution in [3.63, 3.8) is 0 Å². The molecule has 1 N–H and O–H groups in total. The largest absolute Gasteiger partial charge is 0.339 e. The maximum absolute atomic E-state index is 5.96. The Balaban J connectivity index is 0.00000133. The van der Waals surface area contributed by atoms with Crippen molar-refractivity contribution in [3.8, 4) is 11.4 Å². The fourth-order valence-corrected chi connectivity index (χ4v) is 2.41. The van der Waals surface area contributed by atoms with Crippen LogP contribution < -0.4 is 5.32 Å². The average Bonchev–Trinajstić information content (AvgIpc) is 2.89. The Kier molecular flexibility index (Phi) is 4.80. The van der Waals surface area contributed by atoms with Crippen LogP contribution in [0.2, 0.25) is 5.02 Å². The molecule has 4 nitrogen and oxygen atoms in total. The zero-order valence-corrected chi connectivity index (χ0v) is 11.9. The molecule has 1 aliphatic heterocycles. The molecule has 1 aromatic carbocycles. The van der Waals surface area contributed by atoms with Crippen LogP contribution in [0.3, 0.4) is 0 Å². The van der Waals surface area contributed by atoms with Gasteiger partial charge in [-0.25, -0.2) is 0 Å². The predicted molar refractivity (Wildman–Crippen MR) is 76.8 cm³/mol. The van der Waals surface area contributed by atoms with E-state index in [1.807, 2.05) is 24.3 Å². The first-order valence-corrected chi connectivity index (χ1v) is 6.51. The second-order valence-electron chi connectivity index (χ2n) is 4.49. The fourth-order valence-electron chi connectivity index (χ4n) is 2.21. The minimum Gasteiger partial charge on any atom is -0.339 e. The molecule has 1 fully saturated rings. The van der Waals surface area contributed by atoms with Crippen LogP contribution in [0.15, 0.2) is 28.8 Å². The van der Waals surface area contributed by atoms with Gasteiger partial charge in [0, 0.05) is 16.5 Å². The third-order valence-corrected chi connectivity index (χ3v) is 3.45. The van der Waals surface area contributed by atoms with E-state index in [0.29, 0.717) is 16.8 Å². The summed E-state index contributed by atoms with van der Waals surface area (Å²) in [5, 5.41) is 8.04. The maximum Gasteiger partial charge on any atom is 0.230 e. The van der Waals surface area contributed by atoms with Crippen LogP contribution in [-0.4, -0.2) is 23.2 Å². The summed E-state index contributed by atoms with van der Waals surface area (Å²) in [7, 11) is 0. The highest BCUT2D eigenvalue weighted by Crippen LogP contribution is 2.26. The van der Waals surface area contributed by atoms with Gasteiger partial charge in [0.1, 0.15) is 0 Å². The first kappa shape index (κ1) is 14.3. The lowest BCUT2D eigenvalue weighted by Crippen LogP contribution is -2.26. The number of rotatable bonds is 2. The summed E-state index contributed by atoms with van der Waals surface area (Å²) < 4.78 is 5.37. The summed E-state index contributed by atoms with van der Waals surface area (Å²) in [6.45, 7) is 2.03. The number of aromatic nitrogens is 2. The molecule has 0 radical (unpaired) electrons. The van der Waals surface area contributed by atoms with Gasteiger partial charge in [0.15, 0.2) is 0 Å². The van der Waals surface area contributed by atoms with Crippen molar-refractivity contribution in [3.05, 3.63) is 35.2 Å². The predicted octanol–water partition coefficient (Wildman–Crippen LogP) is 3.28. The van der Waals surface area contributed by atoms with E-state index in [-0.39, 0.29) is 12.4 Å². The molecule has 1 aromatic heterocycles. The van der Waals surface area contributed by atoms with Gasteiger partial charge in [-0.1, -0.05) is 28.9 Å². The standard InChI is InChI=1S/C13H14ClN3O.ClH/c14-11-3-1-2-10(8-11)12-16-13(18-17-12)9-4-6-15-7-5-9;/h1-3,8-9,15H,4-7H2;1H. The molecule has 2 heterocycles. The molecule has 0 bridgehead atoms. The van der Waals surface area contributed by atoms with E-state index in [1.165, 1.54) is 0 Å². The summed E-state index contributed by atoms with van der Waals surface area (Å²) in [6, 6.07) is 7.50. The molecule has 6 heteroatoms. The molecule has 3 rings (SSSR count). The first-order chi connectivity index (χ1) is 8.83. The van der Waals surface area contributed by atoms with E-state index in [1.54, 1.807) is 0 Å². The normalized spacial score (nSPS) is 16.1. The Morgan fingerprint density at radius 1 is 1.26 bits per heavy atom. The second kappa shape index (κ2) is 6.37. The minimum atomic E-state index is 0. The third-order valence-electron chi connectivity index (χ3n) is 3.21. The Hall–Kier alpha value is -1.10. The Morgan fingerprint density at radius 3 is 2.79 bits per heavy atom. The van der Waals surface area contributed by atoms with Crippen LogP contribution in [0, 0.1) is 0 Å². The smallest absolute Gasteiger partial charge is 0.230 e. The number of nitrogens with one attached hydrogen (secondary N) is 1. The average molecular weight is 300 g/mol. The van der Waals surface area contributed by atoms with Crippen LogP contribution in [-0.2, 0) is 0 Å². The maximum atomic E-state index is 5.96. The zero-order valence-electron chi connectivity index (χ0n) is 10.3. The number of benzene rings is 1. The van der Waals surface area contributed by atoms with Crippen molar-refractivity contribution < 1.29 is 4.52 Å². The van der Waals surface area contributed by atoms with Crippen molar-refractivity contribution in [2.24, 2.45) is 0 Å². The Labute approximate surface area is 122 Å². The van der Waals surface area contributed by atoms with Gasteiger partial charge in [-0.2, -0.15) is 4.98 Å². The summed E-state index contributed by atoms with van der Waals surface area (Å²) in [6.07, 6.45) is 2.11. The topological polar surface area (TPSA) is 51.0 Å². The number of piperidine rings is 1. The minimum absolute atomic E-state index is 0. The van der Waals surface area contributed by atoms with Crippen molar-refractivity contribution in [2.45, 2.75) is 18.8 Å². The van der Waals surface area contributed by atoms with Crippen LogP contribution >= 0.6 is 24.0 Å². The summed E-state index contributed by atoms with van der Waals surface area (Å²) in [5.41, 5.74) is 0.895. The molecule has 0 atom stereocenters. The van der Waals surface area contributed by atoms with Crippen molar-refractivity contribution in [2.75, 3.05) is 13.1 Å². The number of nitrogens with zero attached hydrogens (tertiary/aromatic N) is 2. The highest BCUT2D eigenvalue weighted by molar-refractivity contribution is 6.30. The van der Waals surface area contributed by atoms with Gasteiger partial charge in [0.2, 0.25) is 11.7 Å². The molecule has 19 heavy (non-hydrogen) atoms. The highest BCUT2D eigenvalue weighted by Gasteiger charge is 2.21. The lowest BCUT2D eigenvalue weighted by atomic mass is 9.98. The summed E-state index contributed by atoms with van der Waals surface area (Å²) >= 11 is 5.96. The van der Waals surface area contributed by atoms with E-state index in [0.717, 1.165) is 37.4 Å². The Morgan fingerprint density at radius 2 is 2.05 bits per heavy atom. The van der Waals surface area contributed by atoms with Gasteiger partial charge in [-0.05, 0) is 38.1 Å². The molecule has 0 aliphatic carbocycles. The van der Waals surface area contributed by atoms with Crippen LogP contribution in [0.4, 0.5) is 0 Å². The fraction of sp³-hybridized carbons (Fsp3) is 0.385. The van der Waals surface area contributed by atoms with Crippen molar-refractivity contribution in [1.82, 2.24) is 15.5 Å². The quantitative estimate of drug-likeness (QED) is 0.924. The van der Waals surface area contributed by atoms with E-state index < -0.39 is 0 Å². The van der Waals surface area contributed by atoms with Gasteiger partial charge in [0.05, 0.1) is 0 Å². The lowest BCUT2D eigenvalue weighted by Gasteiger charge is -2.18. The summed E-state index contributed by atoms with van der Waals surface area (Å²) in [5.74, 6) is 1.74. The molecule has 0 amide bonds. The van der Waals surface area contributed by atoms with Gasteiger partial charge in [-0.3, -0.25) is 0 Å². The zero-order chi connectivity index (χ0) is 12.4. The first-order valence-electron chi connectivity index (χ1n) is 6.13. The van der Waals surface area contributed by atoms with E-state index in [4.69, 9.17) is 16.1 Å². The SMILES string of the molecule is Cl.Clc1cccc(-c2noc(C3CCNCC3)n2)c1. The molecule has 1 saturated heterocycles. The molecule has 2 aromatic rings. The van der Waals surface area contributed by atoms with Crippen LogP contribution in [0.5, 0.6) is 0 Å². The van der Waals surface area contributed by atoms with Crippen molar-refractivity contribution >= 4 is 24.0 Å². The highest BCUT2D eigenvalue weighted by atomic mass is 35.5. The monoisotopic (exact) mass is 299 g/mol. The molecule has 102 valence electrons. The molecule has 0 unspecified atom stereocenters. The van der Waals surface area contributed by atoms with Gasteiger partial charge in [-0.15, -0.1) is 12.4 Å². The van der Waals surface area contributed by atoms with Crippen molar-refractivity contribution in [1.29, 1.82) is 0 Å². The van der Waals surface area contributed by atoms with Gasteiger partial charge in [0.25, 0.3) is 0 Å². The molecular formula is C13H15Cl2N3O. The molecule has 0 saturated carbocycles.